The molecule has 2 aliphatic heterocycles. The number of methoxy groups -OCH3 is 1. The molecule has 0 aromatic heterocycles. The molecule has 154 valence electrons. The van der Waals surface area contributed by atoms with Crippen LogP contribution in [-0.4, -0.2) is 59.7 Å². The topological polar surface area (TPSA) is 53.0 Å². The van der Waals surface area contributed by atoms with Crippen molar-refractivity contribution in [2.75, 3.05) is 33.3 Å². The first-order chi connectivity index (χ1) is 13.6. The molecule has 1 aromatic carbocycles. The molecule has 3 aliphatic rings. The number of carbonyl (C=O) groups is 1. The van der Waals surface area contributed by atoms with Crippen molar-refractivity contribution < 1.29 is 14.6 Å². The number of hydrogen-bond acceptors (Lipinski definition) is 4. The van der Waals surface area contributed by atoms with Gasteiger partial charge in [-0.1, -0.05) is 25.0 Å². The first kappa shape index (κ1) is 19.7. The van der Waals surface area contributed by atoms with Gasteiger partial charge < -0.3 is 14.7 Å². The molecular formula is C23H34N2O3. The van der Waals surface area contributed by atoms with Crippen molar-refractivity contribution in [3.63, 3.8) is 0 Å². The van der Waals surface area contributed by atoms with E-state index in [-0.39, 0.29) is 17.9 Å². The van der Waals surface area contributed by atoms with E-state index in [0.717, 1.165) is 70.3 Å². The van der Waals surface area contributed by atoms with Crippen LogP contribution in [0.3, 0.4) is 0 Å². The number of benzene rings is 1. The largest absolute Gasteiger partial charge is 0.497 e. The van der Waals surface area contributed by atoms with Crippen LogP contribution in [0.5, 0.6) is 5.75 Å². The van der Waals surface area contributed by atoms with Gasteiger partial charge in [0.1, 0.15) is 5.75 Å². The van der Waals surface area contributed by atoms with Crippen LogP contribution in [0.4, 0.5) is 0 Å². The van der Waals surface area contributed by atoms with Gasteiger partial charge in [-0.15, -0.1) is 0 Å². The summed E-state index contributed by atoms with van der Waals surface area (Å²) in [5.74, 6) is 1.28. The van der Waals surface area contributed by atoms with Crippen LogP contribution in [0, 0.1) is 5.92 Å². The Morgan fingerprint density at radius 3 is 2.54 bits per heavy atom. The molecule has 1 aliphatic carbocycles. The minimum atomic E-state index is -0.590. The lowest BCUT2D eigenvalue weighted by Crippen LogP contribution is -2.56. The molecule has 4 rings (SSSR count). The maximum atomic E-state index is 13.0. The first-order valence-corrected chi connectivity index (χ1v) is 11.0. The predicted octanol–water partition coefficient (Wildman–Crippen LogP) is 3.38. The average molecular weight is 387 g/mol. The Morgan fingerprint density at radius 1 is 1.07 bits per heavy atom. The molecule has 0 spiro atoms. The minimum Gasteiger partial charge on any atom is -0.497 e. The Hall–Kier alpha value is -1.59. The smallest absolute Gasteiger partial charge is 0.236 e. The van der Waals surface area contributed by atoms with E-state index in [1.54, 1.807) is 7.11 Å². The van der Waals surface area contributed by atoms with Crippen LogP contribution in [0.1, 0.15) is 63.0 Å². The molecule has 5 nitrogen and oxygen atoms in total. The number of aliphatic hydroxyl groups is 1. The van der Waals surface area contributed by atoms with E-state index in [1.807, 2.05) is 17.0 Å². The number of carbonyl (C=O) groups excluding carboxylic acids is 1. The third-order valence-corrected chi connectivity index (χ3v) is 7.18. The van der Waals surface area contributed by atoms with Crippen LogP contribution in [0.25, 0.3) is 0 Å². The summed E-state index contributed by atoms with van der Waals surface area (Å²) in [5, 5.41) is 11.4. The summed E-state index contributed by atoms with van der Waals surface area (Å²) in [6, 6.07) is 8.32. The highest BCUT2D eigenvalue weighted by atomic mass is 16.5. The van der Waals surface area contributed by atoms with Crippen molar-refractivity contribution in [3.05, 3.63) is 29.8 Å². The standard InChI is InChI=1S/C23H34N2O3/c1-28-19-10-8-18(9-11-19)22-20-7-3-4-12-23(20,27)13-16-25(22)17-21(26)24-14-5-2-6-15-24/h8-11,20,22,27H,2-7,12-17H2,1H3. The number of ether oxygens (including phenoxy) is 1. The first-order valence-electron chi connectivity index (χ1n) is 11.0. The minimum absolute atomic E-state index is 0.0960. The third-order valence-electron chi connectivity index (χ3n) is 7.18. The van der Waals surface area contributed by atoms with Crippen LogP contribution in [-0.2, 0) is 4.79 Å². The van der Waals surface area contributed by atoms with Crippen LogP contribution in [0.15, 0.2) is 24.3 Å². The zero-order chi connectivity index (χ0) is 19.6. The normalized spacial score (nSPS) is 31.3. The zero-order valence-electron chi connectivity index (χ0n) is 17.1. The maximum absolute atomic E-state index is 13.0. The monoisotopic (exact) mass is 386 g/mol. The zero-order valence-corrected chi connectivity index (χ0v) is 17.1. The van der Waals surface area contributed by atoms with Crippen molar-refractivity contribution in [3.8, 4) is 5.75 Å². The summed E-state index contributed by atoms with van der Waals surface area (Å²) in [6.07, 6.45) is 8.43. The van der Waals surface area contributed by atoms with Gasteiger partial charge in [0, 0.05) is 31.6 Å². The number of rotatable bonds is 4. The lowest BCUT2D eigenvalue weighted by atomic mass is 9.66. The fourth-order valence-corrected chi connectivity index (χ4v) is 5.58. The highest BCUT2D eigenvalue weighted by molar-refractivity contribution is 5.78. The second-order valence-electron chi connectivity index (χ2n) is 8.84. The molecular weight excluding hydrogens is 352 g/mol. The van der Waals surface area contributed by atoms with Gasteiger partial charge in [0.05, 0.1) is 19.3 Å². The van der Waals surface area contributed by atoms with Gasteiger partial charge in [0.25, 0.3) is 0 Å². The molecule has 28 heavy (non-hydrogen) atoms. The molecule has 2 heterocycles. The molecule has 1 aromatic rings. The molecule has 1 N–H and O–H groups in total. The Kier molecular flexibility index (Phi) is 5.93. The summed E-state index contributed by atoms with van der Waals surface area (Å²) in [5.41, 5.74) is 0.602. The molecule has 0 radical (unpaired) electrons. The highest BCUT2D eigenvalue weighted by Gasteiger charge is 2.49. The van der Waals surface area contributed by atoms with Crippen LogP contribution < -0.4 is 4.74 Å². The van der Waals surface area contributed by atoms with E-state index in [1.165, 1.54) is 12.0 Å². The van der Waals surface area contributed by atoms with E-state index in [2.05, 4.69) is 17.0 Å². The SMILES string of the molecule is COc1ccc(C2C3CCCCC3(O)CCN2CC(=O)N2CCCCC2)cc1. The van der Waals surface area contributed by atoms with Crippen molar-refractivity contribution >= 4 is 5.91 Å². The van der Waals surface area contributed by atoms with Gasteiger partial charge >= 0.3 is 0 Å². The molecule has 0 bridgehead atoms. The van der Waals surface area contributed by atoms with Crippen molar-refractivity contribution in [1.82, 2.24) is 9.80 Å². The summed E-state index contributed by atoms with van der Waals surface area (Å²) in [4.78, 5) is 17.4. The number of likely N-dealkylation sites (tertiary alicyclic amines) is 2. The third kappa shape index (κ3) is 3.92. The molecule has 5 heteroatoms. The Balaban J connectivity index is 1.58. The summed E-state index contributed by atoms with van der Waals surface area (Å²) in [6.45, 7) is 3.03. The summed E-state index contributed by atoms with van der Waals surface area (Å²) < 4.78 is 5.33. The van der Waals surface area contributed by atoms with Gasteiger partial charge in [0.2, 0.25) is 5.91 Å². The van der Waals surface area contributed by atoms with E-state index >= 15 is 0 Å². The van der Waals surface area contributed by atoms with Crippen molar-refractivity contribution in [1.29, 1.82) is 0 Å². The second kappa shape index (κ2) is 8.42. The molecule has 3 unspecified atom stereocenters. The van der Waals surface area contributed by atoms with Gasteiger partial charge in [0.15, 0.2) is 0 Å². The van der Waals surface area contributed by atoms with Crippen LogP contribution >= 0.6 is 0 Å². The van der Waals surface area contributed by atoms with Gasteiger partial charge in [-0.3, -0.25) is 9.69 Å². The molecule has 1 saturated carbocycles. The van der Waals surface area contributed by atoms with E-state index in [0.29, 0.717) is 6.54 Å². The number of nitrogens with zero attached hydrogens (tertiary/aromatic N) is 2. The molecule has 3 atom stereocenters. The lowest BCUT2D eigenvalue weighted by molar-refractivity contribution is -0.145. The second-order valence-corrected chi connectivity index (χ2v) is 8.84. The van der Waals surface area contributed by atoms with Crippen LogP contribution in [0.2, 0.25) is 0 Å². The number of fused-ring (bicyclic) bond motifs is 1. The lowest BCUT2D eigenvalue weighted by Gasteiger charge is -2.52. The average Bonchev–Trinajstić information content (AvgIpc) is 2.74. The fourth-order valence-electron chi connectivity index (χ4n) is 5.58. The molecule has 3 fully saturated rings. The Labute approximate surface area is 168 Å². The maximum Gasteiger partial charge on any atom is 0.236 e. The molecule has 1 amide bonds. The number of amides is 1. The highest BCUT2D eigenvalue weighted by Crippen LogP contribution is 2.49. The summed E-state index contributed by atoms with van der Waals surface area (Å²) in [7, 11) is 1.68. The van der Waals surface area contributed by atoms with Gasteiger partial charge in [-0.2, -0.15) is 0 Å². The van der Waals surface area contributed by atoms with Crippen molar-refractivity contribution in [2.45, 2.75) is 63.0 Å². The van der Waals surface area contributed by atoms with E-state index < -0.39 is 5.60 Å². The van der Waals surface area contributed by atoms with E-state index in [4.69, 9.17) is 4.74 Å². The Morgan fingerprint density at radius 2 is 1.82 bits per heavy atom. The Bertz CT molecular complexity index is 671. The van der Waals surface area contributed by atoms with Gasteiger partial charge in [-0.05, 0) is 56.2 Å². The fraction of sp³-hybridized carbons (Fsp3) is 0.696. The van der Waals surface area contributed by atoms with Gasteiger partial charge in [-0.25, -0.2) is 0 Å². The quantitative estimate of drug-likeness (QED) is 0.862. The molecule has 2 saturated heterocycles. The number of hydrogen-bond donors (Lipinski definition) is 1. The van der Waals surface area contributed by atoms with E-state index in [9.17, 15) is 9.90 Å². The predicted molar refractivity (Wildman–Crippen MR) is 109 cm³/mol. The summed E-state index contributed by atoms with van der Waals surface area (Å²) >= 11 is 0. The number of piperidine rings is 2. The van der Waals surface area contributed by atoms with Crippen molar-refractivity contribution in [2.24, 2.45) is 5.92 Å².